The van der Waals surface area contributed by atoms with Gasteiger partial charge in [0.05, 0.1) is 5.56 Å². The van der Waals surface area contributed by atoms with E-state index in [9.17, 15) is 29.4 Å². The lowest BCUT2D eigenvalue weighted by atomic mass is 9.77. The Kier molecular flexibility index (Phi) is 7.87. The predicted octanol–water partition coefficient (Wildman–Crippen LogP) is 4.77. The second kappa shape index (κ2) is 12.4. The zero-order chi connectivity index (χ0) is 35.2. The van der Waals surface area contributed by atoms with Crippen molar-refractivity contribution in [2.75, 3.05) is 5.73 Å². The fourth-order valence-electron chi connectivity index (χ4n) is 6.20. The molecule has 4 aromatic carbocycles. The molecule has 1 aromatic heterocycles. The Morgan fingerprint density at radius 3 is 2.42 bits per heavy atom. The summed E-state index contributed by atoms with van der Waals surface area (Å²) in [5.74, 6) is -4.14. The molecule has 3 amide bonds. The highest BCUT2D eigenvalue weighted by Crippen LogP contribution is 2.58. The average molecular weight is 673 g/mol. The van der Waals surface area contributed by atoms with E-state index in [0.717, 1.165) is 18.1 Å². The molecule has 0 bridgehead atoms. The summed E-state index contributed by atoms with van der Waals surface area (Å²) in [6, 6.07) is 22.4. The Balaban J connectivity index is 1.17. The number of phenolic OH excluding ortho intramolecular Hbond substituents is 2. The molecule has 2 aliphatic rings. The first-order valence-electron chi connectivity index (χ1n) is 15.4. The van der Waals surface area contributed by atoms with Gasteiger partial charge < -0.3 is 30.2 Å². The monoisotopic (exact) mass is 672 g/mol. The largest absolute Gasteiger partial charge is 0.508 e. The van der Waals surface area contributed by atoms with E-state index < -0.39 is 40.6 Å². The number of rotatable bonds is 7. The number of imide groups is 3. The molecule has 1 spiro atoms. The van der Waals surface area contributed by atoms with Crippen LogP contribution in [0.15, 0.2) is 91.1 Å². The molecule has 13 nitrogen and oxygen atoms in total. The van der Waals surface area contributed by atoms with Gasteiger partial charge in [-0.25, -0.2) is 14.7 Å². The minimum absolute atomic E-state index is 0.0385. The number of fused-ring (bicyclic) bond motifs is 6. The lowest BCUT2D eigenvalue weighted by Crippen LogP contribution is -2.41. The number of phenols is 2. The minimum atomic E-state index is -1.63. The van der Waals surface area contributed by atoms with E-state index >= 15 is 0 Å². The van der Waals surface area contributed by atoms with Gasteiger partial charge in [0, 0.05) is 42.3 Å². The van der Waals surface area contributed by atoms with Crippen LogP contribution < -0.4 is 15.2 Å². The first kappa shape index (κ1) is 31.8. The number of hydrogen-bond donors (Lipinski definition) is 3. The van der Waals surface area contributed by atoms with Crippen LogP contribution in [0.25, 0.3) is 0 Å². The molecule has 50 heavy (non-hydrogen) atoms. The molecule has 0 saturated heterocycles. The van der Waals surface area contributed by atoms with E-state index in [-0.39, 0.29) is 59.7 Å². The number of anilines is 1. The maximum Gasteiger partial charge on any atom is 0.340 e. The molecule has 1 unspecified atom stereocenters. The number of aromatic hydroxyl groups is 2. The van der Waals surface area contributed by atoms with Crippen molar-refractivity contribution in [1.29, 1.82) is 0 Å². The van der Waals surface area contributed by atoms with Crippen molar-refractivity contribution in [3.8, 4) is 29.0 Å². The summed E-state index contributed by atoms with van der Waals surface area (Å²) in [6.07, 6.45) is 1.45. The molecule has 7 rings (SSSR count). The van der Waals surface area contributed by atoms with Gasteiger partial charge in [0.15, 0.2) is 11.4 Å². The van der Waals surface area contributed by atoms with Gasteiger partial charge in [-0.15, -0.1) is 0 Å². The van der Waals surface area contributed by atoms with Gasteiger partial charge in [0.2, 0.25) is 11.8 Å². The van der Waals surface area contributed by atoms with E-state index in [1.54, 1.807) is 54.6 Å². The summed E-state index contributed by atoms with van der Waals surface area (Å²) >= 11 is 0. The topological polar surface area (TPSA) is 191 Å². The van der Waals surface area contributed by atoms with Crippen molar-refractivity contribution in [2.45, 2.75) is 32.0 Å². The second-order valence-corrected chi connectivity index (χ2v) is 11.7. The Hall–Kier alpha value is -6.76. The SMILES string of the molecule is CC(=O)N(C(=O)CCc1ccc(COc2nccc(N)n2)cc1)C(=O)c1c(O)ccc2c1Oc1cc(O)ccc1C21OC(=O)c2ccccc21. The third-order valence-corrected chi connectivity index (χ3v) is 8.50. The number of ether oxygens (including phenoxy) is 3. The van der Waals surface area contributed by atoms with E-state index in [1.807, 2.05) is 0 Å². The van der Waals surface area contributed by atoms with Gasteiger partial charge in [0.1, 0.15) is 35.2 Å². The number of carbonyl (C=O) groups is 4. The molecule has 4 N–H and O–H groups in total. The van der Waals surface area contributed by atoms with Crippen molar-refractivity contribution in [3.05, 3.63) is 130 Å². The van der Waals surface area contributed by atoms with Crippen LogP contribution >= 0.6 is 0 Å². The molecule has 0 aliphatic carbocycles. The number of hydrogen-bond acceptors (Lipinski definition) is 12. The maximum atomic E-state index is 14.1. The number of aromatic nitrogens is 2. The molecule has 3 heterocycles. The van der Waals surface area contributed by atoms with Gasteiger partial charge in [-0.05, 0) is 53.9 Å². The zero-order valence-electron chi connectivity index (χ0n) is 26.5. The standard InChI is InChI=1S/C37H28N4O9/c1-20(42)41(31(45)15-10-21-6-8-22(9-7-21)19-48-36-39-17-16-30(38)40-36)34(46)32-28(44)14-13-27-33(32)49-29-18-23(43)11-12-26(29)37(27)25-5-3-2-4-24(25)35(47)50-37/h2-9,11-14,16-18,43-44H,10,15,19H2,1H3,(H2,38,39,40). The van der Waals surface area contributed by atoms with Crippen LogP contribution in [-0.4, -0.2) is 48.8 Å². The Labute approximate surface area is 284 Å². The summed E-state index contributed by atoms with van der Waals surface area (Å²) in [5.41, 5.74) is 6.35. The summed E-state index contributed by atoms with van der Waals surface area (Å²) in [4.78, 5) is 62.1. The van der Waals surface area contributed by atoms with Gasteiger partial charge in [0.25, 0.3) is 5.91 Å². The summed E-state index contributed by atoms with van der Waals surface area (Å²) < 4.78 is 17.7. The van der Waals surface area contributed by atoms with Gasteiger partial charge in [-0.3, -0.25) is 14.4 Å². The Bertz CT molecular complexity index is 2220. The first-order chi connectivity index (χ1) is 24.1. The van der Waals surface area contributed by atoms with E-state index in [1.165, 1.54) is 36.5 Å². The molecule has 1 atom stereocenters. The average Bonchev–Trinajstić information content (AvgIpc) is 3.38. The van der Waals surface area contributed by atoms with Crippen molar-refractivity contribution < 1.29 is 43.6 Å². The van der Waals surface area contributed by atoms with Gasteiger partial charge >= 0.3 is 12.0 Å². The van der Waals surface area contributed by atoms with Crippen molar-refractivity contribution >= 4 is 29.5 Å². The molecule has 0 fully saturated rings. The number of aryl methyl sites for hydroxylation is 1. The molecular formula is C37H28N4O9. The van der Waals surface area contributed by atoms with Gasteiger partial charge in [-0.2, -0.15) is 4.98 Å². The van der Waals surface area contributed by atoms with E-state index in [0.29, 0.717) is 16.0 Å². The van der Waals surface area contributed by atoms with Crippen molar-refractivity contribution in [2.24, 2.45) is 0 Å². The molecular weight excluding hydrogens is 644 g/mol. The lowest BCUT2D eigenvalue weighted by Gasteiger charge is -2.37. The number of benzene rings is 4. The minimum Gasteiger partial charge on any atom is -0.508 e. The van der Waals surface area contributed by atoms with E-state index in [2.05, 4.69) is 9.97 Å². The summed E-state index contributed by atoms with van der Waals surface area (Å²) in [6.45, 7) is 1.24. The molecule has 13 heteroatoms. The highest BCUT2D eigenvalue weighted by Gasteiger charge is 2.54. The van der Waals surface area contributed by atoms with Crippen LogP contribution in [0.4, 0.5) is 5.82 Å². The smallest absolute Gasteiger partial charge is 0.340 e. The number of carbonyl (C=O) groups excluding carboxylic acids is 4. The Morgan fingerprint density at radius 1 is 0.920 bits per heavy atom. The number of nitrogen functional groups attached to an aromatic ring is 1. The van der Waals surface area contributed by atoms with Crippen LogP contribution in [0.3, 0.4) is 0 Å². The van der Waals surface area contributed by atoms with Crippen LogP contribution in [0, 0.1) is 0 Å². The van der Waals surface area contributed by atoms with Crippen LogP contribution in [-0.2, 0) is 33.0 Å². The molecule has 250 valence electrons. The first-order valence-corrected chi connectivity index (χ1v) is 15.4. The number of nitrogens with zero attached hydrogens (tertiary/aromatic N) is 3. The maximum absolute atomic E-state index is 14.1. The third-order valence-electron chi connectivity index (χ3n) is 8.50. The highest BCUT2D eigenvalue weighted by atomic mass is 16.6. The molecule has 0 radical (unpaired) electrons. The summed E-state index contributed by atoms with van der Waals surface area (Å²) in [5, 5.41) is 21.4. The lowest BCUT2D eigenvalue weighted by molar-refractivity contribution is -0.139. The molecule has 5 aromatic rings. The number of nitrogens with two attached hydrogens (primary N) is 1. The normalized spacial score (nSPS) is 15.3. The highest BCUT2D eigenvalue weighted by molar-refractivity contribution is 6.18. The number of esters is 1. The summed E-state index contributed by atoms with van der Waals surface area (Å²) in [7, 11) is 0. The van der Waals surface area contributed by atoms with Crippen LogP contribution in [0.1, 0.15) is 61.9 Å². The van der Waals surface area contributed by atoms with Crippen LogP contribution in [0.5, 0.6) is 29.0 Å². The van der Waals surface area contributed by atoms with Gasteiger partial charge in [-0.1, -0.05) is 42.5 Å². The Morgan fingerprint density at radius 2 is 1.66 bits per heavy atom. The predicted molar refractivity (Wildman–Crippen MR) is 175 cm³/mol. The van der Waals surface area contributed by atoms with Crippen molar-refractivity contribution in [1.82, 2.24) is 14.9 Å². The fourth-order valence-corrected chi connectivity index (χ4v) is 6.20. The number of amides is 3. The van der Waals surface area contributed by atoms with E-state index in [4.69, 9.17) is 19.9 Å². The quantitative estimate of drug-likeness (QED) is 0.201. The third kappa shape index (κ3) is 5.40. The molecule has 0 saturated carbocycles. The zero-order valence-corrected chi connectivity index (χ0v) is 26.5. The molecule has 2 aliphatic heterocycles. The van der Waals surface area contributed by atoms with Crippen molar-refractivity contribution in [3.63, 3.8) is 0 Å². The fraction of sp³-hybridized carbons (Fsp3) is 0.135. The van der Waals surface area contributed by atoms with Crippen LogP contribution in [0.2, 0.25) is 0 Å². The second-order valence-electron chi connectivity index (χ2n) is 11.7.